The van der Waals surface area contributed by atoms with Gasteiger partial charge in [0.1, 0.15) is 5.76 Å². The van der Waals surface area contributed by atoms with E-state index in [1.54, 1.807) is 0 Å². The van der Waals surface area contributed by atoms with E-state index in [0.717, 1.165) is 25.0 Å². The summed E-state index contributed by atoms with van der Waals surface area (Å²) in [5, 5.41) is 0. The molecule has 1 aromatic carbocycles. The van der Waals surface area contributed by atoms with Gasteiger partial charge in [0.25, 0.3) is 0 Å². The third-order valence-corrected chi connectivity index (χ3v) is 3.88. The van der Waals surface area contributed by atoms with Gasteiger partial charge < -0.3 is 9.47 Å². The summed E-state index contributed by atoms with van der Waals surface area (Å²) in [6.45, 7) is 4.94. The van der Waals surface area contributed by atoms with Gasteiger partial charge in [-0.25, -0.2) is 0 Å². The van der Waals surface area contributed by atoms with Gasteiger partial charge in [-0.15, -0.1) is 0 Å². The summed E-state index contributed by atoms with van der Waals surface area (Å²) in [5.41, 5.74) is 4.15. The molecule has 2 atom stereocenters. The fourth-order valence-corrected chi connectivity index (χ4v) is 2.97. The molecule has 0 radical (unpaired) electrons. The van der Waals surface area contributed by atoms with Gasteiger partial charge in [0, 0.05) is 18.1 Å². The van der Waals surface area contributed by atoms with Crippen molar-refractivity contribution >= 4 is 5.76 Å². The van der Waals surface area contributed by atoms with Crippen molar-refractivity contribution < 1.29 is 9.47 Å². The summed E-state index contributed by atoms with van der Waals surface area (Å²) in [7, 11) is 0. The summed E-state index contributed by atoms with van der Waals surface area (Å²) in [5.74, 6) is 1.54. The highest BCUT2D eigenvalue weighted by Gasteiger charge is 2.32. The van der Waals surface area contributed by atoms with Crippen LogP contribution in [-0.4, -0.2) is 12.9 Å². The molecule has 0 saturated carbocycles. The summed E-state index contributed by atoms with van der Waals surface area (Å²) in [6.07, 6.45) is 3.30. The van der Waals surface area contributed by atoms with Crippen molar-refractivity contribution in [2.24, 2.45) is 5.92 Å². The van der Waals surface area contributed by atoms with Crippen LogP contribution >= 0.6 is 0 Å². The molecule has 1 aliphatic carbocycles. The highest BCUT2D eigenvalue weighted by molar-refractivity contribution is 5.69. The van der Waals surface area contributed by atoms with Gasteiger partial charge in [-0.05, 0) is 37.3 Å². The van der Waals surface area contributed by atoms with Gasteiger partial charge in [-0.1, -0.05) is 31.2 Å². The van der Waals surface area contributed by atoms with Gasteiger partial charge in [0.05, 0.1) is 0 Å². The Kier molecular flexibility index (Phi) is 3.13. The van der Waals surface area contributed by atoms with Gasteiger partial charge in [-0.3, -0.25) is 0 Å². The number of aryl methyl sites for hydroxylation is 1. The monoisotopic (exact) mass is 244 g/mol. The smallest absolute Gasteiger partial charge is 0.202 e. The molecule has 3 rings (SSSR count). The Labute approximate surface area is 109 Å². The van der Waals surface area contributed by atoms with Crippen molar-refractivity contribution in [3.63, 3.8) is 0 Å². The molecule has 2 heteroatoms. The number of fused-ring (bicyclic) bond motifs is 2. The standard InChI is InChI=1S/C16H20O2/c1-3-17-16-11(2)10-13-9-8-12-6-4-5-7-14(12)15(13)18-16/h4-7,11,16H,3,8-10H2,1-2H3. The van der Waals surface area contributed by atoms with Crippen LogP contribution in [0, 0.1) is 5.92 Å². The van der Waals surface area contributed by atoms with E-state index in [9.17, 15) is 0 Å². The molecular formula is C16H20O2. The highest BCUT2D eigenvalue weighted by atomic mass is 16.7. The first-order valence-electron chi connectivity index (χ1n) is 6.88. The number of benzene rings is 1. The van der Waals surface area contributed by atoms with Crippen LogP contribution in [-0.2, 0) is 15.9 Å². The van der Waals surface area contributed by atoms with E-state index < -0.39 is 0 Å². The zero-order valence-corrected chi connectivity index (χ0v) is 11.1. The van der Waals surface area contributed by atoms with Crippen molar-refractivity contribution in [3.05, 3.63) is 41.0 Å². The molecule has 1 aromatic rings. The van der Waals surface area contributed by atoms with Crippen molar-refractivity contribution in [1.29, 1.82) is 0 Å². The van der Waals surface area contributed by atoms with Crippen LogP contribution in [0.5, 0.6) is 0 Å². The fourth-order valence-electron chi connectivity index (χ4n) is 2.97. The van der Waals surface area contributed by atoms with E-state index in [1.807, 2.05) is 6.92 Å². The Morgan fingerprint density at radius 2 is 2.11 bits per heavy atom. The lowest BCUT2D eigenvalue weighted by Gasteiger charge is -2.35. The maximum atomic E-state index is 6.13. The second-order valence-corrected chi connectivity index (χ2v) is 5.21. The quantitative estimate of drug-likeness (QED) is 0.788. The van der Waals surface area contributed by atoms with Crippen LogP contribution < -0.4 is 0 Å². The molecule has 2 aliphatic rings. The SMILES string of the molecule is CCOC1OC2=C(CCc3ccccc32)CC1C. The van der Waals surface area contributed by atoms with Gasteiger partial charge in [-0.2, -0.15) is 0 Å². The maximum Gasteiger partial charge on any atom is 0.202 e. The third-order valence-electron chi connectivity index (χ3n) is 3.88. The Hall–Kier alpha value is -1.28. The lowest BCUT2D eigenvalue weighted by Crippen LogP contribution is -2.30. The average molecular weight is 244 g/mol. The Balaban J connectivity index is 1.95. The second-order valence-electron chi connectivity index (χ2n) is 5.21. The summed E-state index contributed by atoms with van der Waals surface area (Å²) in [6, 6.07) is 8.57. The van der Waals surface area contributed by atoms with Crippen molar-refractivity contribution in [1.82, 2.24) is 0 Å². The van der Waals surface area contributed by atoms with Crippen LogP contribution in [0.1, 0.15) is 37.8 Å². The van der Waals surface area contributed by atoms with E-state index in [-0.39, 0.29) is 6.29 Å². The zero-order chi connectivity index (χ0) is 12.5. The maximum absolute atomic E-state index is 6.13. The number of allylic oxidation sites excluding steroid dienone is 1. The first kappa shape index (κ1) is 11.8. The number of hydrogen-bond donors (Lipinski definition) is 0. The normalized spacial score (nSPS) is 26.3. The van der Waals surface area contributed by atoms with Gasteiger partial charge >= 0.3 is 0 Å². The van der Waals surface area contributed by atoms with Crippen molar-refractivity contribution in [3.8, 4) is 0 Å². The van der Waals surface area contributed by atoms with Crippen LogP contribution in [0.2, 0.25) is 0 Å². The third kappa shape index (κ3) is 1.95. The molecule has 2 unspecified atom stereocenters. The van der Waals surface area contributed by atoms with Crippen molar-refractivity contribution in [2.45, 2.75) is 39.4 Å². The second kappa shape index (κ2) is 4.77. The molecule has 0 bridgehead atoms. The Morgan fingerprint density at radius 3 is 2.94 bits per heavy atom. The fraction of sp³-hybridized carbons (Fsp3) is 0.500. The van der Waals surface area contributed by atoms with Crippen LogP contribution in [0.3, 0.4) is 0 Å². The van der Waals surface area contributed by atoms with E-state index >= 15 is 0 Å². The Morgan fingerprint density at radius 1 is 1.28 bits per heavy atom. The molecule has 0 N–H and O–H groups in total. The topological polar surface area (TPSA) is 18.5 Å². The van der Waals surface area contributed by atoms with E-state index in [1.165, 1.54) is 16.7 Å². The molecule has 2 nitrogen and oxygen atoms in total. The first-order chi connectivity index (χ1) is 8.79. The molecule has 1 heterocycles. The average Bonchev–Trinajstić information content (AvgIpc) is 2.40. The minimum atomic E-state index is -0.0834. The predicted molar refractivity (Wildman–Crippen MR) is 72.0 cm³/mol. The minimum Gasteiger partial charge on any atom is -0.464 e. The van der Waals surface area contributed by atoms with Gasteiger partial charge in [0.2, 0.25) is 6.29 Å². The first-order valence-corrected chi connectivity index (χ1v) is 6.88. The molecule has 0 spiro atoms. The number of ether oxygens (including phenoxy) is 2. The van der Waals surface area contributed by atoms with Crippen molar-refractivity contribution in [2.75, 3.05) is 6.61 Å². The highest BCUT2D eigenvalue weighted by Crippen LogP contribution is 2.41. The molecule has 0 saturated heterocycles. The van der Waals surface area contributed by atoms with Crippen LogP contribution in [0.25, 0.3) is 5.76 Å². The molecule has 0 aromatic heterocycles. The molecule has 0 amide bonds. The van der Waals surface area contributed by atoms with Crippen LogP contribution in [0.15, 0.2) is 29.8 Å². The summed E-state index contributed by atoms with van der Waals surface area (Å²) >= 11 is 0. The van der Waals surface area contributed by atoms with Gasteiger partial charge in [0.15, 0.2) is 0 Å². The molecule has 96 valence electrons. The van der Waals surface area contributed by atoms with E-state index in [2.05, 4.69) is 31.2 Å². The molecule has 0 fully saturated rings. The zero-order valence-electron chi connectivity index (χ0n) is 11.1. The molecular weight excluding hydrogens is 224 g/mol. The summed E-state index contributed by atoms with van der Waals surface area (Å²) < 4.78 is 11.8. The largest absolute Gasteiger partial charge is 0.464 e. The predicted octanol–water partition coefficient (Wildman–Crippen LogP) is 3.76. The minimum absolute atomic E-state index is 0.0834. The van der Waals surface area contributed by atoms with Crippen LogP contribution in [0.4, 0.5) is 0 Å². The number of rotatable bonds is 2. The lowest BCUT2D eigenvalue weighted by molar-refractivity contribution is -0.131. The van der Waals surface area contributed by atoms with E-state index in [4.69, 9.17) is 9.47 Å². The number of hydrogen-bond acceptors (Lipinski definition) is 2. The van der Waals surface area contributed by atoms with E-state index in [0.29, 0.717) is 12.5 Å². The summed E-state index contributed by atoms with van der Waals surface area (Å²) in [4.78, 5) is 0. The lowest BCUT2D eigenvalue weighted by atomic mass is 9.84. The Bertz CT molecular complexity index is 476. The molecule has 1 aliphatic heterocycles. The molecule has 18 heavy (non-hydrogen) atoms.